The van der Waals surface area contributed by atoms with E-state index in [-0.39, 0.29) is 16.2 Å². The van der Waals surface area contributed by atoms with Crippen LogP contribution in [-0.4, -0.2) is 49.8 Å². The Morgan fingerprint density at radius 1 is 0.320 bits per heavy atom. The summed E-state index contributed by atoms with van der Waals surface area (Å²) in [5.74, 6) is 2.21. The Labute approximate surface area is 435 Å². The maximum atomic E-state index is 4.59. The first-order valence-corrected chi connectivity index (χ1v) is 25.0. The van der Waals surface area contributed by atoms with Gasteiger partial charge in [0.25, 0.3) is 0 Å². The standard InChI is InChI=1S/C63H50N12/c1-61(2)51-27-39(7-9-41-13-19-47-49-21-15-43(31-55(49)62(3,4)53(47)29-41)74(57-33-64-23-25-68-57)59-70-35-66-36-71-59)11-17-45(51)46-18-12-40(28-52(46)61)8-10-42-14-20-48-50-22-16-44(32-56(50)63(5,6)54(48)30-42)75(58-34-65-24-26-69-58)60-72-37-67-38-73-60/h7-38H,1-6H3. The lowest BCUT2D eigenvalue weighted by molar-refractivity contribution is 0.660. The summed E-state index contributed by atoms with van der Waals surface area (Å²) in [7, 11) is 0. The summed E-state index contributed by atoms with van der Waals surface area (Å²) < 4.78 is 0. The van der Waals surface area contributed by atoms with Crippen molar-refractivity contribution in [2.45, 2.75) is 57.8 Å². The minimum Gasteiger partial charge on any atom is -0.261 e. The second kappa shape index (κ2) is 17.4. The second-order valence-corrected chi connectivity index (χ2v) is 20.9. The average molecular weight is 975 g/mol. The zero-order valence-corrected chi connectivity index (χ0v) is 42.3. The van der Waals surface area contributed by atoms with Gasteiger partial charge in [0.1, 0.15) is 25.3 Å². The molecule has 0 spiro atoms. The van der Waals surface area contributed by atoms with Gasteiger partial charge in [-0.3, -0.25) is 19.8 Å². The number of nitrogens with zero attached hydrogens (tertiary/aromatic N) is 12. The highest BCUT2D eigenvalue weighted by atomic mass is 15.3. The van der Waals surface area contributed by atoms with Crippen molar-refractivity contribution in [1.29, 1.82) is 0 Å². The van der Waals surface area contributed by atoms with E-state index in [1.54, 1.807) is 37.2 Å². The predicted molar refractivity (Wildman–Crippen MR) is 297 cm³/mol. The number of rotatable bonds is 10. The van der Waals surface area contributed by atoms with Crippen molar-refractivity contribution < 1.29 is 0 Å². The first kappa shape index (κ1) is 45.4. The van der Waals surface area contributed by atoms with Gasteiger partial charge < -0.3 is 0 Å². The first-order valence-electron chi connectivity index (χ1n) is 25.0. The topological polar surface area (TPSA) is 135 Å². The third-order valence-corrected chi connectivity index (χ3v) is 15.5. The highest BCUT2D eigenvalue weighted by molar-refractivity contribution is 5.89. The van der Waals surface area contributed by atoms with Gasteiger partial charge >= 0.3 is 0 Å². The molecule has 0 saturated heterocycles. The van der Waals surface area contributed by atoms with Gasteiger partial charge in [-0.05, 0) is 113 Å². The molecule has 3 aliphatic rings. The Bertz CT molecular complexity index is 3600. The van der Waals surface area contributed by atoms with E-state index in [4.69, 9.17) is 0 Å². The van der Waals surface area contributed by atoms with Crippen LogP contribution in [0.2, 0.25) is 0 Å². The van der Waals surface area contributed by atoms with Crippen molar-refractivity contribution in [2.75, 3.05) is 9.80 Å². The minimum atomic E-state index is -0.258. The molecule has 0 saturated carbocycles. The van der Waals surface area contributed by atoms with Gasteiger partial charge in [0, 0.05) is 41.0 Å². The van der Waals surface area contributed by atoms with E-state index in [2.05, 4.69) is 225 Å². The molecule has 4 aromatic heterocycles. The van der Waals surface area contributed by atoms with Crippen molar-refractivity contribution in [1.82, 2.24) is 49.8 Å². The van der Waals surface area contributed by atoms with Crippen LogP contribution in [0.25, 0.3) is 57.7 Å². The van der Waals surface area contributed by atoms with E-state index in [1.165, 1.54) is 103 Å². The quantitative estimate of drug-likeness (QED) is 0.121. The summed E-state index contributed by atoms with van der Waals surface area (Å²) in [5.41, 5.74) is 21.0. The van der Waals surface area contributed by atoms with Crippen LogP contribution in [0.5, 0.6) is 0 Å². The van der Waals surface area contributed by atoms with E-state index in [0.717, 1.165) is 22.5 Å². The van der Waals surface area contributed by atoms with E-state index in [9.17, 15) is 0 Å². The fraction of sp³-hybridized carbons (Fsp3) is 0.143. The molecule has 0 atom stereocenters. The maximum Gasteiger partial charge on any atom is 0.238 e. The fourth-order valence-electron chi connectivity index (χ4n) is 11.5. The van der Waals surface area contributed by atoms with Crippen LogP contribution in [0, 0.1) is 0 Å². The molecule has 12 nitrogen and oxygen atoms in total. The fourth-order valence-corrected chi connectivity index (χ4v) is 11.5. The van der Waals surface area contributed by atoms with Crippen LogP contribution in [0.1, 0.15) is 97.2 Å². The second-order valence-electron chi connectivity index (χ2n) is 20.9. The molecule has 3 aliphatic carbocycles. The van der Waals surface area contributed by atoms with E-state index in [1.807, 2.05) is 9.80 Å². The van der Waals surface area contributed by atoms with Crippen molar-refractivity contribution in [3.63, 3.8) is 0 Å². The third kappa shape index (κ3) is 7.59. The number of fused-ring (bicyclic) bond motifs is 9. The molecule has 12 heteroatoms. The van der Waals surface area contributed by atoms with Gasteiger partial charge in [0.05, 0.1) is 23.8 Å². The van der Waals surface area contributed by atoms with Gasteiger partial charge in [-0.1, -0.05) is 151 Å². The molecular weight excluding hydrogens is 925 g/mol. The number of hydrogen-bond donors (Lipinski definition) is 0. The Balaban J connectivity index is 0.731. The summed E-state index contributed by atoms with van der Waals surface area (Å²) in [6.07, 6.45) is 25.1. The molecule has 0 radical (unpaired) electrons. The van der Waals surface area contributed by atoms with Crippen LogP contribution in [0.4, 0.5) is 34.9 Å². The normalized spacial score (nSPS) is 14.7. The lowest BCUT2D eigenvalue weighted by Crippen LogP contribution is -2.18. The average Bonchev–Trinajstić information content (AvgIpc) is 4.05. The van der Waals surface area contributed by atoms with Crippen LogP contribution in [0.15, 0.2) is 172 Å². The molecule has 0 unspecified atom stereocenters. The van der Waals surface area contributed by atoms with Crippen LogP contribution >= 0.6 is 0 Å². The van der Waals surface area contributed by atoms with Gasteiger partial charge in [0.15, 0.2) is 11.6 Å². The Morgan fingerprint density at radius 2 is 0.613 bits per heavy atom. The molecule has 10 aromatic rings. The van der Waals surface area contributed by atoms with E-state index < -0.39 is 0 Å². The zero-order chi connectivity index (χ0) is 51.1. The lowest BCUT2D eigenvalue weighted by Gasteiger charge is -2.25. The summed E-state index contributed by atoms with van der Waals surface area (Å²) in [5, 5.41) is 0. The van der Waals surface area contributed by atoms with Gasteiger partial charge in [-0.2, -0.15) is 0 Å². The van der Waals surface area contributed by atoms with E-state index in [0.29, 0.717) is 23.5 Å². The largest absolute Gasteiger partial charge is 0.261 e. The summed E-state index contributed by atoms with van der Waals surface area (Å²) in [6, 6.07) is 40.6. The van der Waals surface area contributed by atoms with Crippen molar-refractivity contribution >= 4 is 59.2 Å². The predicted octanol–water partition coefficient (Wildman–Crippen LogP) is 13.8. The smallest absolute Gasteiger partial charge is 0.238 e. The van der Waals surface area contributed by atoms with Crippen molar-refractivity contribution in [2.24, 2.45) is 0 Å². The molecule has 0 N–H and O–H groups in total. The van der Waals surface area contributed by atoms with E-state index >= 15 is 0 Å². The van der Waals surface area contributed by atoms with Gasteiger partial charge in [0.2, 0.25) is 11.9 Å². The summed E-state index contributed by atoms with van der Waals surface area (Å²) in [4.78, 5) is 47.6. The van der Waals surface area contributed by atoms with Gasteiger partial charge in [-0.25, -0.2) is 39.9 Å². The number of aromatic nitrogens is 10. The molecule has 0 aliphatic heterocycles. The summed E-state index contributed by atoms with van der Waals surface area (Å²) in [6.45, 7) is 13.9. The van der Waals surface area contributed by atoms with Crippen molar-refractivity contribution in [3.05, 3.63) is 227 Å². The number of benzene rings is 6. The first-order chi connectivity index (χ1) is 36.4. The molecule has 75 heavy (non-hydrogen) atoms. The van der Waals surface area contributed by atoms with Crippen LogP contribution < -0.4 is 9.80 Å². The Kier molecular flexibility index (Phi) is 10.5. The minimum absolute atomic E-state index is 0.179. The Hall–Kier alpha value is -9.42. The number of anilines is 6. The molecule has 0 fully saturated rings. The monoisotopic (exact) mass is 974 g/mol. The molecule has 4 heterocycles. The highest BCUT2D eigenvalue weighted by Crippen LogP contribution is 2.53. The van der Waals surface area contributed by atoms with Gasteiger partial charge in [-0.15, -0.1) is 0 Å². The Morgan fingerprint density at radius 3 is 0.907 bits per heavy atom. The zero-order valence-electron chi connectivity index (χ0n) is 42.3. The summed E-state index contributed by atoms with van der Waals surface area (Å²) >= 11 is 0. The van der Waals surface area contributed by atoms with Crippen molar-refractivity contribution in [3.8, 4) is 33.4 Å². The SMILES string of the molecule is CC1(C)c2cc(C=Cc3ccc4c(c3)C(C)(C)c3cc(N(c5cnccn5)c5ncncn5)ccc3-4)ccc2-c2ccc(C=Cc3ccc4c(c3)C(C)(C)c3cc(N(c5cnccn5)c5ncncn5)ccc3-4)cc21. The molecule has 13 rings (SSSR count). The van der Waals surface area contributed by atoms with Crippen LogP contribution in [0.3, 0.4) is 0 Å². The maximum absolute atomic E-state index is 4.59. The molecular formula is C63H50N12. The van der Waals surface area contributed by atoms with Crippen LogP contribution in [-0.2, 0) is 16.2 Å². The highest BCUT2D eigenvalue weighted by Gasteiger charge is 2.39. The molecule has 0 amide bonds. The number of hydrogen-bond acceptors (Lipinski definition) is 12. The molecule has 362 valence electrons. The lowest BCUT2D eigenvalue weighted by atomic mass is 9.81. The molecule has 6 aromatic carbocycles. The molecule has 0 bridgehead atoms. The third-order valence-electron chi connectivity index (χ3n) is 15.5.